The zero-order chi connectivity index (χ0) is 9.40. The molecule has 0 aromatic heterocycles. The summed E-state index contributed by atoms with van der Waals surface area (Å²) >= 11 is 3.69. The minimum atomic E-state index is -1.07. The number of carboxylic acids is 1. The number of aliphatic carboxylic acids is 1. The molecule has 0 amide bonds. The predicted octanol–water partition coefficient (Wildman–Crippen LogP) is -0.620. The zero-order valence-electron chi connectivity index (χ0n) is 6.62. The Morgan fingerprint density at radius 1 is 1.33 bits per heavy atom. The summed E-state index contributed by atoms with van der Waals surface area (Å²) in [7, 11) is 0. The van der Waals surface area contributed by atoms with E-state index in [1.54, 1.807) is 0 Å². The van der Waals surface area contributed by atoms with E-state index in [1.165, 1.54) is 0 Å². The van der Waals surface area contributed by atoms with E-state index < -0.39 is 5.97 Å². The second-order valence-electron chi connectivity index (χ2n) is 2.21. The first-order chi connectivity index (χ1) is 5.66. The quantitative estimate of drug-likeness (QED) is 0.345. The van der Waals surface area contributed by atoms with Crippen molar-refractivity contribution in [2.24, 2.45) is 0 Å². The number of hydrogen-bond donors (Lipinski definition) is 1. The average molecular weight is 191 g/mol. The van der Waals surface area contributed by atoms with Crippen LogP contribution >= 0.6 is 12.6 Å². The molecule has 0 radical (unpaired) electrons. The van der Waals surface area contributed by atoms with E-state index in [0.717, 1.165) is 0 Å². The summed E-state index contributed by atoms with van der Waals surface area (Å²) in [5.41, 5.74) is 0. The molecule has 4 nitrogen and oxygen atoms in total. The van der Waals surface area contributed by atoms with E-state index in [9.17, 15) is 14.7 Å². The van der Waals surface area contributed by atoms with Crippen molar-refractivity contribution in [1.29, 1.82) is 0 Å². The lowest BCUT2D eigenvalue weighted by Crippen LogP contribution is -2.21. The number of carboxylic acid groups (broad SMARTS) is 1. The van der Waals surface area contributed by atoms with Crippen LogP contribution in [0.15, 0.2) is 0 Å². The second-order valence-corrected chi connectivity index (χ2v) is 2.52. The summed E-state index contributed by atoms with van der Waals surface area (Å²) in [6, 6.07) is 0. The fraction of sp³-hybridized carbons (Fsp3) is 0.714. The van der Waals surface area contributed by atoms with Crippen molar-refractivity contribution in [3.8, 4) is 0 Å². The first kappa shape index (κ1) is 11.3. The molecule has 0 fully saturated rings. The van der Waals surface area contributed by atoms with Crippen LogP contribution in [-0.4, -0.2) is 24.3 Å². The van der Waals surface area contributed by atoms with Crippen molar-refractivity contribution in [2.45, 2.75) is 19.3 Å². The van der Waals surface area contributed by atoms with Crippen LogP contribution in [0, 0.1) is 0 Å². The molecule has 0 aliphatic carbocycles. The van der Waals surface area contributed by atoms with E-state index in [0.29, 0.717) is 12.8 Å². The van der Waals surface area contributed by atoms with Gasteiger partial charge in [0.15, 0.2) is 0 Å². The van der Waals surface area contributed by atoms with E-state index in [-0.39, 0.29) is 24.7 Å². The first-order valence-electron chi connectivity index (χ1n) is 3.63. The molecular formula is C7H11O4S-. The number of carbonyl (C=O) groups excluding carboxylic acids is 2. The summed E-state index contributed by atoms with van der Waals surface area (Å²) < 4.78 is 4.64. The van der Waals surface area contributed by atoms with Gasteiger partial charge in [0.1, 0.15) is 0 Å². The van der Waals surface area contributed by atoms with Crippen LogP contribution < -0.4 is 5.11 Å². The number of ether oxygens (including phenoxy) is 1. The van der Waals surface area contributed by atoms with Gasteiger partial charge in [-0.05, 0) is 19.3 Å². The van der Waals surface area contributed by atoms with Gasteiger partial charge in [-0.3, -0.25) is 4.79 Å². The van der Waals surface area contributed by atoms with Crippen LogP contribution in [0.2, 0.25) is 0 Å². The minimum absolute atomic E-state index is 0.0123. The Labute approximate surface area is 76.3 Å². The summed E-state index contributed by atoms with van der Waals surface area (Å²) in [5.74, 6) is -1.40. The highest BCUT2D eigenvalue weighted by molar-refractivity contribution is 7.81. The Kier molecular flexibility index (Phi) is 6.55. The molecule has 0 aliphatic heterocycles. The van der Waals surface area contributed by atoms with Crippen molar-refractivity contribution < 1.29 is 19.4 Å². The maximum atomic E-state index is 10.5. The lowest BCUT2D eigenvalue weighted by Gasteiger charge is -2.03. The lowest BCUT2D eigenvalue weighted by atomic mass is 10.2. The van der Waals surface area contributed by atoms with Gasteiger partial charge in [-0.2, -0.15) is 12.6 Å². The molecule has 0 rings (SSSR count). The van der Waals surface area contributed by atoms with Gasteiger partial charge in [0.05, 0.1) is 12.4 Å². The standard InChI is InChI=1S/C7H12O4S/c8-6(9)3-1-2-4-11-7(10)5-12/h12H,1-5H2,(H,8,9)/p-1. The van der Waals surface area contributed by atoms with E-state index in [1.807, 2.05) is 0 Å². The number of hydrogen-bond acceptors (Lipinski definition) is 5. The molecule has 12 heavy (non-hydrogen) atoms. The highest BCUT2D eigenvalue weighted by Crippen LogP contribution is 1.95. The summed E-state index contributed by atoms with van der Waals surface area (Å²) in [4.78, 5) is 20.4. The van der Waals surface area contributed by atoms with Crippen LogP contribution in [0.1, 0.15) is 19.3 Å². The third kappa shape index (κ3) is 7.40. The fourth-order valence-corrected chi connectivity index (χ4v) is 0.694. The third-order valence-electron chi connectivity index (χ3n) is 1.17. The Bertz CT molecular complexity index is 157. The van der Waals surface area contributed by atoms with Crippen molar-refractivity contribution in [3.05, 3.63) is 0 Å². The Morgan fingerprint density at radius 3 is 2.50 bits per heavy atom. The smallest absolute Gasteiger partial charge is 0.315 e. The zero-order valence-corrected chi connectivity index (χ0v) is 7.51. The van der Waals surface area contributed by atoms with Crippen LogP contribution in [0.25, 0.3) is 0 Å². The highest BCUT2D eigenvalue weighted by atomic mass is 32.1. The lowest BCUT2D eigenvalue weighted by molar-refractivity contribution is -0.305. The van der Waals surface area contributed by atoms with Gasteiger partial charge >= 0.3 is 5.97 Å². The fourth-order valence-electron chi connectivity index (χ4n) is 0.603. The number of carbonyl (C=O) groups is 2. The first-order valence-corrected chi connectivity index (χ1v) is 4.26. The number of unbranched alkanes of at least 4 members (excludes halogenated alkanes) is 1. The van der Waals surface area contributed by atoms with Crippen LogP contribution in [-0.2, 0) is 14.3 Å². The van der Waals surface area contributed by atoms with Gasteiger partial charge in [0, 0.05) is 5.97 Å². The molecule has 0 saturated carbocycles. The SMILES string of the molecule is O=C([O-])CCCCOC(=O)CS. The number of rotatable bonds is 6. The van der Waals surface area contributed by atoms with Crippen molar-refractivity contribution in [1.82, 2.24) is 0 Å². The maximum absolute atomic E-state index is 10.5. The van der Waals surface area contributed by atoms with Crippen molar-refractivity contribution in [2.75, 3.05) is 12.4 Å². The van der Waals surface area contributed by atoms with Gasteiger partial charge in [0.25, 0.3) is 0 Å². The Hall–Kier alpha value is -0.710. The predicted molar refractivity (Wildman–Crippen MR) is 43.7 cm³/mol. The molecule has 70 valence electrons. The molecule has 0 unspecified atom stereocenters. The van der Waals surface area contributed by atoms with Gasteiger partial charge in [-0.15, -0.1) is 0 Å². The third-order valence-corrected chi connectivity index (χ3v) is 1.43. The van der Waals surface area contributed by atoms with E-state index >= 15 is 0 Å². The van der Waals surface area contributed by atoms with Gasteiger partial charge in [0.2, 0.25) is 0 Å². The second kappa shape index (κ2) is 6.97. The molecule has 0 bridgehead atoms. The molecule has 0 saturated heterocycles. The largest absolute Gasteiger partial charge is 0.550 e. The number of esters is 1. The monoisotopic (exact) mass is 191 g/mol. The summed E-state index contributed by atoms with van der Waals surface area (Å²) in [6.07, 6.45) is 1.04. The molecular weight excluding hydrogens is 180 g/mol. The van der Waals surface area contributed by atoms with Crippen molar-refractivity contribution in [3.63, 3.8) is 0 Å². The molecule has 0 heterocycles. The van der Waals surface area contributed by atoms with Gasteiger partial charge < -0.3 is 14.6 Å². The highest BCUT2D eigenvalue weighted by Gasteiger charge is 1.97. The van der Waals surface area contributed by atoms with Gasteiger partial charge in [-0.1, -0.05) is 0 Å². The van der Waals surface area contributed by atoms with Gasteiger partial charge in [-0.25, -0.2) is 0 Å². The van der Waals surface area contributed by atoms with E-state index in [2.05, 4.69) is 17.4 Å². The number of thiol groups is 1. The molecule has 5 heteroatoms. The van der Waals surface area contributed by atoms with Crippen LogP contribution in [0.4, 0.5) is 0 Å². The summed E-state index contributed by atoms with van der Waals surface area (Å²) in [5, 5.41) is 9.92. The molecule has 0 spiro atoms. The molecule has 0 aromatic rings. The van der Waals surface area contributed by atoms with E-state index in [4.69, 9.17) is 0 Å². The minimum Gasteiger partial charge on any atom is -0.550 e. The Morgan fingerprint density at radius 2 is 2.00 bits per heavy atom. The molecule has 0 aromatic carbocycles. The Balaban J connectivity index is 3.11. The van der Waals surface area contributed by atoms with Crippen LogP contribution in [0.5, 0.6) is 0 Å². The normalized spacial score (nSPS) is 9.42. The molecule has 0 atom stereocenters. The molecule has 0 N–H and O–H groups in total. The maximum Gasteiger partial charge on any atom is 0.315 e. The average Bonchev–Trinajstić information content (AvgIpc) is 2.03. The summed E-state index contributed by atoms with van der Waals surface area (Å²) in [6.45, 7) is 0.257. The van der Waals surface area contributed by atoms with Crippen LogP contribution in [0.3, 0.4) is 0 Å². The topological polar surface area (TPSA) is 66.4 Å². The molecule has 0 aliphatic rings. The van der Waals surface area contributed by atoms with Crippen molar-refractivity contribution >= 4 is 24.6 Å².